The highest BCUT2D eigenvalue weighted by Crippen LogP contribution is 2.31. The van der Waals surface area contributed by atoms with Crippen LogP contribution in [0.5, 0.6) is 0 Å². The molecule has 1 aliphatic heterocycles. The normalized spacial score (nSPS) is 20.2. The van der Waals surface area contributed by atoms with Gasteiger partial charge >= 0.3 is 6.09 Å². The molecule has 1 heterocycles. The van der Waals surface area contributed by atoms with Crippen LogP contribution in [0.2, 0.25) is 0 Å². The third-order valence-corrected chi connectivity index (χ3v) is 3.66. The van der Waals surface area contributed by atoms with Gasteiger partial charge < -0.3 is 9.47 Å². The summed E-state index contributed by atoms with van der Waals surface area (Å²) in [4.78, 5) is 17.7. The standard InChI is InChI=1S/C19H24N2O3/c1-18(2,3)24-17(22)21-15(13-23-19(21,4)5)12-11-14-9-7-8-10-16(14)20-6/h7-12,15H,13H2,1-5H3/b12-11-/t15-/m0/s1. The fourth-order valence-corrected chi connectivity index (χ4v) is 2.59. The van der Waals surface area contributed by atoms with E-state index in [9.17, 15) is 4.79 Å². The van der Waals surface area contributed by atoms with Crippen LogP contribution in [0, 0.1) is 6.57 Å². The molecule has 1 aromatic rings. The van der Waals surface area contributed by atoms with Gasteiger partial charge in [0.25, 0.3) is 0 Å². The maximum Gasteiger partial charge on any atom is 0.413 e. The lowest BCUT2D eigenvalue weighted by molar-refractivity contribution is -0.0610. The average Bonchev–Trinajstić information content (AvgIpc) is 2.78. The van der Waals surface area contributed by atoms with E-state index in [0.717, 1.165) is 5.56 Å². The second-order valence-corrected chi connectivity index (χ2v) is 7.21. The molecular formula is C19H24N2O3. The maximum absolute atomic E-state index is 12.6. The van der Waals surface area contributed by atoms with E-state index in [1.165, 1.54) is 0 Å². The third kappa shape index (κ3) is 4.15. The number of carbonyl (C=O) groups excluding carboxylic acids is 1. The maximum atomic E-state index is 12.6. The Morgan fingerprint density at radius 3 is 2.71 bits per heavy atom. The predicted octanol–water partition coefficient (Wildman–Crippen LogP) is 4.62. The van der Waals surface area contributed by atoms with Crippen molar-refractivity contribution >= 4 is 17.9 Å². The molecule has 0 bridgehead atoms. The van der Waals surface area contributed by atoms with Crippen LogP contribution in [0.1, 0.15) is 40.2 Å². The zero-order valence-corrected chi connectivity index (χ0v) is 14.9. The average molecular weight is 328 g/mol. The van der Waals surface area contributed by atoms with E-state index in [-0.39, 0.29) is 6.04 Å². The number of hydrogen-bond acceptors (Lipinski definition) is 3. The molecule has 1 amide bonds. The molecule has 5 heteroatoms. The number of benzene rings is 1. The molecule has 0 N–H and O–H groups in total. The molecule has 1 saturated heterocycles. The summed E-state index contributed by atoms with van der Waals surface area (Å²) in [5, 5.41) is 0. The summed E-state index contributed by atoms with van der Waals surface area (Å²) in [6.45, 7) is 16.8. The first-order valence-electron chi connectivity index (χ1n) is 7.95. The van der Waals surface area contributed by atoms with E-state index in [0.29, 0.717) is 12.3 Å². The second kappa shape index (κ2) is 6.66. The van der Waals surface area contributed by atoms with Crippen molar-refractivity contribution in [1.29, 1.82) is 0 Å². The van der Waals surface area contributed by atoms with E-state index in [4.69, 9.17) is 16.0 Å². The van der Waals surface area contributed by atoms with Crippen molar-refractivity contribution in [2.75, 3.05) is 6.61 Å². The lowest BCUT2D eigenvalue weighted by Crippen LogP contribution is -2.49. The van der Waals surface area contributed by atoms with Crippen molar-refractivity contribution in [3.8, 4) is 0 Å². The molecule has 0 spiro atoms. The molecule has 0 radical (unpaired) electrons. The third-order valence-electron chi connectivity index (χ3n) is 3.66. The number of ether oxygens (including phenoxy) is 2. The Labute approximate surface area is 143 Å². The summed E-state index contributed by atoms with van der Waals surface area (Å²) >= 11 is 0. The monoisotopic (exact) mass is 328 g/mol. The van der Waals surface area contributed by atoms with Crippen LogP contribution in [0.4, 0.5) is 10.5 Å². The highest BCUT2D eigenvalue weighted by molar-refractivity contribution is 5.71. The summed E-state index contributed by atoms with van der Waals surface area (Å²) in [6.07, 6.45) is 3.35. The van der Waals surface area contributed by atoms with Crippen LogP contribution in [0.25, 0.3) is 10.9 Å². The number of carbonyl (C=O) groups is 1. The van der Waals surface area contributed by atoms with Crippen molar-refractivity contribution < 1.29 is 14.3 Å². The highest BCUT2D eigenvalue weighted by Gasteiger charge is 2.44. The lowest BCUT2D eigenvalue weighted by atomic mass is 10.1. The minimum Gasteiger partial charge on any atom is -0.444 e. The van der Waals surface area contributed by atoms with Gasteiger partial charge in [-0.05, 0) is 40.2 Å². The van der Waals surface area contributed by atoms with Crippen molar-refractivity contribution in [1.82, 2.24) is 4.90 Å². The van der Waals surface area contributed by atoms with Crippen LogP contribution in [0.3, 0.4) is 0 Å². The van der Waals surface area contributed by atoms with Gasteiger partial charge in [0.1, 0.15) is 11.3 Å². The van der Waals surface area contributed by atoms with Gasteiger partial charge in [-0.3, -0.25) is 4.90 Å². The fraction of sp³-hybridized carbons (Fsp3) is 0.474. The number of rotatable bonds is 2. The first-order chi connectivity index (χ1) is 11.1. The van der Waals surface area contributed by atoms with Crippen molar-refractivity contribution in [2.45, 2.75) is 52.0 Å². The Morgan fingerprint density at radius 1 is 1.42 bits per heavy atom. The predicted molar refractivity (Wildman–Crippen MR) is 93.6 cm³/mol. The van der Waals surface area contributed by atoms with E-state index in [1.807, 2.05) is 65.0 Å². The minimum absolute atomic E-state index is 0.242. The van der Waals surface area contributed by atoms with E-state index in [2.05, 4.69) is 4.85 Å². The smallest absolute Gasteiger partial charge is 0.413 e. The summed E-state index contributed by atoms with van der Waals surface area (Å²) in [5.74, 6) is 0. The Balaban J connectivity index is 2.24. The van der Waals surface area contributed by atoms with Gasteiger partial charge in [0.05, 0.1) is 19.2 Å². The molecular weight excluding hydrogens is 304 g/mol. The minimum atomic E-state index is -0.739. The molecule has 2 rings (SSSR count). The number of para-hydroxylation sites is 1. The van der Waals surface area contributed by atoms with Gasteiger partial charge in [-0.1, -0.05) is 36.4 Å². The van der Waals surface area contributed by atoms with Crippen LogP contribution < -0.4 is 0 Å². The molecule has 1 fully saturated rings. The first-order valence-corrected chi connectivity index (χ1v) is 7.95. The largest absolute Gasteiger partial charge is 0.444 e. The molecule has 0 unspecified atom stereocenters. The Hall–Kier alpha value is -2.32. The van der Waals surface area contributed by atoms with Gasteiger partial charge in [-0.2, -0.15) is 0 Å². The Kier molecular flexibility index (Phi) is 5.00. The van der Waals surface area contributed by atoms with Crippen LogP contribution in [-0.4, -0.2) is 35.0 Å². The Morgan fingerprint density at radius 2 is 2.08 bits per heavy atom. The van der Waals surface area contributed by atoms with Crippen molar-refractivity contribution in [3.63, 3.8) is 0 Å². The number of nitrogens with zero attached hydrogens (tertiary/aromatic N) is 2. The van der Waals surface area contributed by atoms with Crippen molar-refractivity contribution in [2.24, 2.45) is 0 Å². The van der Waals surface area contributed by atoms with Crippen LogP contribution >= 0.6 is 0 Å². The summed E-state index contributed by atoms with van der Waals surface area (Å²) in [7, 11) is 0. The van der Waals surface area contributed by atoms with E-state index >= 15 is 0 Å². The molecule has 0 aliphatic carbocycles. The SMILES string of the molecule is [C-]#[N+]c1ccccc1/C=C\[C@H]1COC(C)(C)N1C(=O)OC(C)(C)C. The zero-order chi connectivity index (χ0) is 18.0. The van der Waals surface area contributed by atoms with Crippen LogP contribution in [-0.2, 0) is 9.47 Å². The molecule has 1 aromatic carbocycles. The van der Waals surface area contributed by atoms with Gasteiger partial charge in [0, 0.05) is 0 Å². The van der Waals surface area contributed by atoms with Gasteiger partial charge in [-0.25, -0.2) is 9.64 Å². The summed E-state index contributed by atoms with van der Waals surface area (Å²) < 4.78 is 11.3. The van der Waals surface area contributed by atoms with E-state index in [1.54, 1.807) is 11.0 Å². The zero-order valence-electron chi connectivity index (χ0n) is 14.9. The fourth-order valence-electron chi connectivity index (χ4n) is 2.59. The summed E-state index contributed by atoms with van der Waals surface area (Å²) in [5.41, 5.74) is 0.0919. The molecule has 24 heavy (non-hydrogen) atoms. The van der Waals surface area contributed by atoms with Gasteiger partial charge in [0.15, 0.2) is 5.69 Å². The molecule has 128 valence electrons. The quantitative estimate of drug-likeness (QED) is 0.744. The van der Waals surface area contributed by atoms with Crippen molar-refractivity contribution in [3.05, 3.63) is 47.3 Å². The van der Waals surface area contributed by atoms with E-state index < -0.39 is 17.4 Å². The molecule has 5 nitrogen and oxygen atoms in total. The van der Waals surface area contributed by atoms with Crippen LogP contribution in [0.15, 0.2) is 30.3 Å². The number of hydrogen-bond donors (Lipinski definition) is 0. The Bertz CT molecular complexity index is 681. The molecule has 0 saturated carbocycles. The topological polar surface area (TPSA) is 43.1 Å². The molecule has 0 aromatic heterocycles. The lowest BCUT2D eigenvalue weighted by Gasteiger charge is -2.34. The molecule has 1 aliphatic rings. The second-order valence-electron chi connectivity index (χ2n) is 7.21. The number of amides is 1. The summed E-state index contributed by atoms with van der Waals surface area (Å²) in [6, 6.07) is 7.12. The van der Waals surface area contributed by atoms with Gasteiger partial charge in [0.2, 0.25) is 0 Å². The highest BCUT2D eigenvalue weighted by atomic mass is 16.6. The first kappa shape index (κ1) is 18.0. The molecule has 1 atom stereocenters. The van der Waals surface area contributed by atoms with Gasteiger partial charge in [-0.15, -0.1) is 0 Å².